The maximum Gasteiger partial charge on any atom is 0.227 e. The van der Waals surface area contributed by atoms with Gasteiger partial charge in [-0.2, -0.15) is 0 Å². The average molecular weight is 332 g/mol. The Hall–Kier alpha value is -0.850. The average Bonchev–Trinajstić information content (AvgIpc) is 3.10. The van der Waals surface area contributed by atoms with Crippen LogP contribution in [0.15, 0.2) is 0 Å². The minimum atomic E-state index is -0.512. The number of carbonyl (C=O) groups excluding carboxylic acids is 2. The van der Waals surface area contributed by atoms with Crippen molar-refractivity contribution in [2.45, 2.75) is 44.7 Å². The Morgan fingerprint density at radius 3 is 2.64 bits per heavy atom. The van der Waals surface area contributed by atoms with Gasteiger partial charge in [0.25, 0.3) is 0 Å². The van der Waals surface area contributed by atoms with E-state index in [0.717, 1.165) is 6.42 Å². The van der Waals surface area contributed by atoms with E-state index >= 15 is 0 Å². The van der Waals surface area contributed by atoms with Crippen molar-refractivity contribution in [1.82, 2.24) is 10.2 Å². The van der Waals surface area contributed by atoms with E-state index in [9.17, 15) is 9.59 Å². The Balaban J connectivity index is 0.00000176. The van der Waals surface area contributed by atoms with Gasteiger partial charge in [0, 0.05) is 38.8 Å². The predicted molar refractivity (Wildman–Crippen MR) is 84.6 cm³/mol. The SMILES string of the molecule is CC1CC1N1CC(NC(=O)C2(CN)CCOCC2)CC1=O.Cl. The lowest BCUT2D eigenvalue weighted by Crippen LogP contribution is -2.52. The van der Waals surface area contributed by atoms with Crippen molar-refractivity contribution in [2.75, 3.05) is 26.3 Å². The van der Waals surface area contributed by atoms with Crippen LogP contribution in [-0.2, 0) is 14.3 Å². The molecule has 3 fully saturated rings. The molecule has 0 bridgehead atoms. The van der Waals surface area contributed by atoms with E-state index in [2.05, 4.69) is 12.2 Å². The zero-order chi connectivity index (χ0) is 15.0. The molecule has 6 nitrogen and oxygen atoms in total. The highest BCUT2D eigenvalue weighted by molar-refractivity contribution is 5.86. The van der Waals surface area contributed by atoms with Gasteiger partial charge in [-0.3, -0.25) is 9.59 Å². The summed E-state index contributed by atoms with van der Waals surface area (Å²) in [6.07, 6.45) is 2.85. The van der Waals surface area contributed by atoms with E-state index in [1.54, 1.807) is 0 Å². The molecule has 1 saturated carbocycles. The number of hydrogen-bond acceptors (Lipinski definition) is 4. The number of nitrogens with two attached hydrogens (primary N) is 1. The number of likely N-dealkylation sites (tertiary alicyclic amines) is 1. The van der Waals surface area contributed by atoms with Gasteiger partial charge < -0.3 is 20.7 Å². The molecule has 2 aliphatic heterocycles. The van der Waals surface area contributed by atoms with Gasteiger partial charge in [-0.05, 0) is 25.2 Å². The third kappa shape index (κ3) is 3.24. The summed E-state index contributed by atoms with van der Waals surface area (Å²) < 4.78 is 5.33. The molecule has 0 spiro atoms. The molecule has 2 heterocycles. The molecule has 0 aromatic rings. The minimum absolute atomic E-state index is 0. The molecular weight excluding hydrogens is 306 g/mol. The first-order chi connectivity index (χ1) is 10.1. The standard InChI is InChI=1S/C15H25N3O3.ClH/c1-10-6-12(10)18-8-11(7-13(18)19)17-14(20)15(9-16)2-4-21-5-3-15;/h10-12H,2-9,16H2,1H3,(H,17,20);1H. The van der Waals surface area contributed by atoms with Crippen LogP contribution in [0.4, 0.5) is 0 Å². The third-order valence-electron chi connectivity index (χ3n) is 5.28. The van der Waals surface area contributed by atoms with Crippen molar-refractivity contribution >= 4 is 24.2 Å². The van der Waals surface area contributed by atoms with E-state index in [0.29, 0.717) is 57.5 Å². The van der Waals surface area contributed by atoms with Gasteiger partial charge in [-0.25, -0.2) is 0 Å². The fourth-order valence-electron chi connectivity index (χ4n) is 3.51. The lowest BCUT2D eigenvalue weighted by atomic mass is 9.79. The number of nitrogens with one attached hydrogen (secondary N) is 1. The zero-order valence-electron chi connectivity index (χ0n) is 13.0. The second-order valence-electron chi connectivity index (χ2n) is 6.80. The molecule has 0 radical (unpaired) electrons. The van der Waals surface area contributed by atoms with Gasteiger partial charge in [0.05, 0.1) is 11.5 Å². The predicted octanol–water partition coefficient (Wildman–Crippen LogP) is 0.289. The van der Waals surface area contributed by atoms with Crippen LogP contribution < -0.4 is 11.1 Å². The summed E-state index contributed by atoms with van der Waals surface area (Å²) in [5, 5.41) is 3.06. The number of amides is 2. The van der Waals surface area contributed by atoms with Crippen LogP contribution in [0.5, 0.6) is 0 Å². The van der Waals surface area contributed by atoms with Crippen molar-refractivity contribution in [2.24, 2.45) is 17.1 Å². The first-order valence-electron chi connectivity index (χ1n) is 7.94. The van der Waals surface area contributed by atoms with Crippen LogP contribution in [0.3, 0.4) is 0 Å². The zero-order valence-corrected chi connectivity index (χ0v) is 13.9. The lowest BCUT2D eigenvalue weighted by molar-refractivity contribution is -0.136. The van der Waals surface area contributed by atoms with E-state index in [-0.39, 0.29) is 30.3 Å². The summed E-state index contributed by atoms with van der Waals surface area (Å²) in [5.41, 5.74) is 5.34. The largest absolute Gasteiger partial charge is 0.381 e. The number of ether oxygens (including phenoxy) is 1. The lowest BCUT2D eigenvalue weighted by Gasteiger charge is -2.35. The van der Waals surface area contributed by atoms with Crippen molar-refractivity contribution in [1.29, 1.82) is 0 Å². The van der Waals surface area contributed by atoms with Gasteiger partial charge in [0.1, 0.15) is 0 Å². The summed E-state index contributed by atoms with van der Waals surface area (Å²) in [5.74, 6) is 0.773. The van der Waals surface area contributed by atoms with Crippen molar-refractivity contribution in [3.63, 3.8) is 0 Å². The van der Waals surface area contributed by atoms with E-state index in [1.165, 1.54) is 0 Å². The molecule has 2 saturated heterocycles. The highest BCUT2D eigenvalue weighted by atomic mass is 35.5. The smallest absolute Gasteiger partial charge is 0.227 e. The Morgan fingerprint density at radius 1 is 1.45 bits per heavy atom. The second kappa shape index (κ2) is 6.72. The molecule has 3 rings (SSSR count). The van der Waals surface area contributed by atoms with Crippen LogP contribution in [0, 0.1) is 11.3 Å². The van der Waals surface area contributed by atoms with Gasteiger partial charge in [-0.15, -0.1) is 12.4 Å². The van der Waals surface area contributed by atoms with Crippen LogP contribution in [-0.4, -0.2) is 55.1 Å². The number of nitrogens with zero attached hydrogens (tertiary/aromatic N) is 1. The summed E-state index contributed by atoms with van der Waals surface area (Å²) in [7, 11) is 0. The molecule has 3 aliphatic rings. The van der Waals surface area contributed by atoms with E-state index in [1.807, 2.05) is 4.90 Å². The van der Waals surface area contributed by atoms with Crippen LogP contribution in [0.25, 0.3) is 0 Å². The Kier molecular flexibility index (Phi) is 5.35. The molecule has 0 aromatic carbocycles. The van der Waals surface area contributed by atoms with Crippen LogP contribution >= 0.6 is 12.4 Å². The number of carbonyl (C=O) groups is 2. The quantitative estimate of drug-likeness (QED) is 0.775. The molecule has 3 atom stereocenters. The molecule has 3 N–H and O–H groups in total. The number of halogens is 1. The van der Waals surface area contributed by atoms with E-state index < -0.39 is 5.41 Å². The van der Waals surface area contributed by atoms with Gasteiger partial charge in [0.2, 0.25) is 11.8 Å². The molecular formula is C15H26ClN3O3. The van der Waals surface area contributed by atoms with Gasteiger partial charge >= 0.3 is 0 Å². The van der Waals surface area contributed by atoms with Gasteiger partial charge in [0.15, 0.2) is 0 Å². The molecule has 7 heteroatoms. The summed E-state index contributed by atoms with van der Waals surface area (Å²) in [6.45, 7) is 4.32. The molecule has 1 aliphatic carbocycles. The van der Waals surface area contributed by atoms with Crippen LogP contribution in [0.1, 0.15) is 32.6 Å². The molecule has 2 amide bonds. The summed E-state index contributed by atoms with van der Waals surface area (Å²) in [4.78, 5) is 26.6. The monoisotopic (exact) mass is 331 g/mol. The maximum atomic E-state index is 12.6. The summed E-state index contributed by atoms with van der Waals surface area (Å²) in [6, 6.07) is 0.329. The highest BCUT2D eigenvalue weighted by Crippen LogP contribution is 2.37. The maximum absolute atomic E-state index is 12.6. The minimum Gasteiger partial charge on any atom is -0.381 e. The molecule has 22 heavy (non-hydrogen) atoms. The topological polar surface area (TPSA) is 84.7 Å². The Morgan fingerprint density at radius 2 is 2.09 bits per heavy atom. The van der Waals surface area contributed by atoms with Crippen molar-refractivity contribution in [3.8, 4) is 0 Å². The number of rotatable bonds is 4. The second-order valence-corrected chi connectivity index (χ2v) is 6.80. The molecule has 0 aromatic heterocycles. The first-order valence-corrected chi connectivity index (χ1v) is 7.94. The normalized spacial score (nSPS) is 33.3. The molecule has 126 valence electrons. The van der Waals surface area contributed by atoms with Gasteiger partial charge in [-0.1, -0.05) is 6.92 Å². The summed E-state index contributed by atoms with van der Waals surface area (Å²) >= 11 is 0. The third-order valence-corrected chi connectivity index (χ3v) is 5.28. The fraction of sp³-hybridized carbons (Fsp3) is 0.867. The highest BCUT2D eigenvalue weighted by Gasteiger charge is 2.46. The first kappa shape index (κ1) is 17.5. The van der Waals surface area contributed by atoms with Crippen molar-refractivity contribution < 1.29 is 14.3 Å². The number of hydrogen-bond donors (Lipinski definition) is 2. The molecule has 3 unspecified atom stereocenters. The van der Waals surface area contributed by atoms with Crippen LogP contribution in [0.2, 0.25) is 0 Å². The van der Waals surface area contributed by atoms with E-state index in [4.69, 9.17) is 10.5 Å². The van der Waals surface area contributed by atoms with Crippen molar-refractivity contribution in [3.05, 3.63) is 0 Å². The Labute approximate surface area is 137 Å². The fourth-order valence-corrected chi connectivity index (χ4v) is 3.51. The Bertz CT molecular complexity index is 440.